The van der Waals surface area contributed by atoms with E-state index in [1.54, 1.807) is 11.3 Å². The summed E-state index contributed by atoms with van der Waals surface area (Å²) >= 11 is 1.69. The van der Waals surface area contributed by atoms with Crippen LogP contribution in [0.3, 0.4) is 0 Å². The standard InChI is InChI=1S/C14H16N2O2S/c1-9-4-5-16-11(7-9)13(14(17)18)15-12(16)8-10-3-2-6-19-10/h2-3,6,9H,4-5,7-8H2,1H3,(H,17,18). The zero-order valence-corrected chi connectivity index (χ0v) is 11.6. The molecule has 0 fully saturated rings. The van der Waals surface area contributed by atoms with Gasteiger partial charge in [0.05, 0.1) is 5.69 Å². The van der Waals surface area contributed by atoms with E-state index < -0.39 is 5.97 Å². The Hall–Kier alpha value is -1.62. The molecule has 1 unspecified atom stereocenters. The third-order valence-corrected chi connectivity index (χ3v) is 4.53. The molecular weight excluding hydrogens is 260 g/mol. The van der Waals surface area contributed by atoms with Crippen LogP contribution in [0.25, 0.3) is 0 Å². The Morgan fingerprint density at radius 1 is 1.63 bits per heavy atom. The van der Waals surface area contributed by atoms with Gasteiger partial charge in [0, 0.05) is 17.8 Å². The second kappa shape index (κ2) is 4.81. The van der Waals surface area contributed by atoms with Crippen molar-refractivity contribution in [1.29, 1.82) is 0 Å². The largest absolute Gasteiger partial charge is 0.476 e. The van der Waals surface area contributed by atoms with E-state index in [9.17, 15) is 9.90 Å². The highest BCUT2D eigenvalue weighted by molar-refractivity contribution is 7.09. The van der Waals surface area contributed by atoms with E-state index in [1.807, 2.05) is 11.4 Å². The topological polar surface area (TPSA) is 55.1 Å². The van der Waals surface area contributed by atoms with Crippen LogP contribution in [0, 0.1) is 5.92 Å². The molecule has 0 spiro atoms. The summed E-state index contributed by atoms with van der Waals surface area (Å²) < 4.78 is 2.11. The molecule has 4 nitrogen and oxygen atoms in total. The first-order valence-electron chi connectivity index (χ1n) is 6.49. The van der Waals surface area contributed by atoms with Gasteiger partial charge < -0.3 is 9.67 Å². The van der Waals surface area contributed by atoms with Gasteiger partial charge in [0.2, 0.25) is 0 Å². The van der Waals surface area contributed by atoms with Crippen LogP contribution >= 0.6 is 11.3 Å². The van der Waals surface area contributed by atoms with Crippen LogP contribution in [-0.2, 0) is 19.4 Å². The lowest BCUT2D eigenvalue weighted by molar-refractivity contribution is 0.0689. The number of imidazole rings is 1. The molecule has 0 aliphatic carbocycles. The van der Waals surface area contributed by atoms with Crippen LogP contribution in [0.2, 0.25) is 0 Å². The fourth-order valence-electron chi connectivity index (χ4n) is 2.67. The summed E-state index contributed by atoms with van der Waals surface area (Å²) in [5.41, 5.74) is 1.15. The molecule has 0 amide bonds. The van der Waals surface area contributed by atoms with E-state index in [-0.39, 0.29) is 5.69 Å². The van der Waals surface area contributed by atoms with Crippen molar-refractivity contribution in [1.82, 2.24) is 9.55 Å². The Morgan fingerprint density at radius 2 is 2.47 bits per heavy atom. The second-order valence-electron chi connectivity index (χ2n) is 5.13. The van der Waals surface area contributed by atoms with Gasteiger partial charge in [0.15, 0.2) is 5.69 Å². The molecule has 0 bridgehead atoms. The van der Waals surface area contributed by atoms with Crippen LogP contribution in [0.4, 0.5) is 0 Å². The highest BCUT2D eigenvalue weighted by atomic mass is 32.1. The molecule has 1 atom stereocenters. The lowest BCUT2D eigenvalue weighted by Gasteiger charge is -2.22. The number of thiophene rings is 1. The van der Waals surface area contributed by atoms with Crippen molar-refractivity contribution in [2.75, 3.05) is 0 Å². The van der Waals surface area contributed by atoms with Gasteiger partial charge in [-0.3, -0.25) is 0 Å². The maximum atomic E-state index is 11.3. The molecular formula is C14H16N2O2S. The summed E-state index contributed by atoms with van der Waals surface area (Å²) in [4.78, 5) is 16.9. The van der Waals surface area contributed by atoms with Gasteiger partial charge in [0.25, 0.3) is 0 Å². The van der Waals surface area contributed by atoms with E-state index >= 15 is 0 Å². The first kappa shape index (κ1) is 12.4. The molecule has 3 rings (SSSR count). The molecule has 2 aromatic rings. The van der Waals surface area contributed by atoms with Gasteiger partial charge in [-0.25, -0.2) is 9.78 Å². The Labute approximate surface area is 115 Å². The molecule has 2 aromatic heterocycles. The van der Waals surface area contributed by atoms with Gasteiger partial charge in [-0.05, 0) is 30.2 Å². The first-order chi connectivity index (χ1) is 9.15. The van der Waals surface area contributed by atoms with Crippen molar-refractivity contribution in [3.05, 3.63) is 39.6 Å². The molecule has 100 valence electrons. The van der Waals surface area contributed by atoms with Crippen LogP contribution in [0.15, 0.2) is 17.5 Å². The number of rotatable bonds is 3. The third-order valence-electron chi connectivity index (χ3n) is 3.65. The van der Waals surface area contributed by atoms with Crippen molar-refractivity contribution in [3.63, 3.8) is 0 Å². The predicted octanol–water partition coefficient (Wildman–Crippen LogP) is 2.82. The second-order valence-corrected chi connectivity index (χ2v) is 6.17. The Balaban J connectivity index is 2.01. The quantitative estimate of drug-likeness (QED) is 0.938. The number of carbonyl (C=O) groups is 1. The number of hydrogen-bond donors (Lipinski definition) is 1. The predicted molar refractivity (Wildman–Crippen MR) is 73.8 cm³/mol. The van der Waals surface area contributed by atoms with E-state index in [2.05, 4.69) is 22.5 Å². The molecule has 5 heteroatoms. The Morgan fingerprint density at radius 3 is 3.16 bits per heavy atom. The molecule has 19 heavy (non-hydrogen) atoms. The van der Waals surface area contributed by atoms with Gasteiger partial charge in [0.1, 0.15) is 5.82 Å². The minimum absolute atomic E-state index is 0.248. The highest BCUT2D eigenvalue weighted by Crippen LogP contribution is 2.26. The lowest BCUT2D eigenvalue weighted by Crippen LogP contribution is -2.20. The molecule has 1 aliphatic rings. The van der Waals surface area contributed by atoms with E-state index in [0.29, 0.717) is 5.92 Å². The zero-order chi connectivity index (χ0) is 13.4. The summed E-state index contributed by atoms with van der Waals surface area (Å²) in [6.45, 7) is 3.05. The molecule has 0 saturated carbocycles. The number of nitrogens with zero attached hydrogens (tertiary/aromatic N) is 2. The van der Waals surface area contributed by atoms with Crippen LogP contribution < -0.4 is 0 Å². The SMILES string of the molecule is CC1CCn2c(Cc3cccs3)nc(C(=O)O)c2C1. The fourth-order valence-corrected chi connectivity index (χ4v) is 3.37. The van der Waals surface area contributed by atoms with Crippen molar-refractivity contribution in [3.8, 4) is 0 Å². The number of aromatic carboxylic acids is 1. The lowest BCUT2D eigenvalue weighted by atomic mass is 9.97. The minimum atomic E-state index is -0.907. The smallest absolute Gasteiger partial charge is 0.356 e. The maximum Gasteiger partial charge on any atom is 0.356 e. The number of carboxylic acid groups (broad SMARTS) is 1. The monoisotopic (exact) mass is 276 g/mol. The maximum absolute atomic E-state index is 11.3. The summed E-state index contributed by atoms with van der Waals surface area (Å²) in [6.07, 6.45) is 2.64. The van der Waals surface area contributed by atoms with Crippen LogP contribution in [0.5, 0.6) is 0 Å². The van der Waals surface area contributed by atoms with Gasteiger partial charge >= 0.3 is 5.97 Å². The third kappa shape index (κ3) is 2.30. The van der Waals surface area contributed by atoms with Crippen molar-refractivity contribution in [2.45, 2.75) is 32.7 Å². The summed E-state index contributed by atoms with van der Waals surface area (Å²) in [5, 5.41) is 11.3. The molecule has 3 heterocycles. The van der Waals surface area contributed by atoms with Crippen molar-refractivity contribution >= 4 is 17.3 Å². The summed E-state index contributed by atoms with van der Waals surface area (Å²) in [5.74, 6) is 0.522. The number of fused-ring (bicyclic) bond motifs is 1. The first-order valence-corrected chi connectivity index (χ1v) is 7.37. The van der Waals surface area contributed by atoms with E-state index in [4.69, 9.17) is 0 Å². The minimum Gasteiger partial charge on any atom is -0.476 e. The molecule has 0 aromatic carbocycles. The normalized spacial score (nSPS) is 18.3. The van der Waals surface area contributed by atoms with Crippen molar-refractivity contribution in [2.24, 2.45) is 5.92 Å². The molecule has 0 radical (unpaired) electrons. The number of aromatic nitrogens is 2. The Bertz CT molecular complexity index is 601. The zero-order valence-electron chi connectivity index (χ0n) is 10.8. The van der Waals surface area contributed by atoms with Crippen molar-refractivity contribution < 1.29 is 9.90 Å². The average molecular weight is 276 g/mol. The summed E-state index contributed by atoms with van der Waals surface area (Å²) in [6, 6.07) is 4.08. The highest BCUT2D eigenvalue weighted by Gasteiger charge is 2.26. The number of carboxylic acids is 1. The van der Waals surface area contributed by atoms with E-state index in [0.717, 1.165) is 37.3 Å². The van der Waals surface area contributed by atoms with Gasteiger partial charge in [-0.2, -0.15) is 0 Å². The van der Waals surface area contributed by atoms with E-state index in [1.165, 1.54) is 4.88 Å². The molecule has 1 N–H and O–H groups in total. The van der Waals surface area contributed by atoms with Crippen LogP contribution in [0.1, 0.15) is 40.2 Å². The molecule has 1 aliphatic heterocycles. The Kier molecular flexibility index (Phi) is 3.14. The average Bonchev–Trinajstić information content (AvgIpc) is 2.97. The molecule has 0 saturated heterocycles. The van der Waals surface area contributed by atoms with Gasteiger partial charge in [-0.15, -0.1) is 11.3 Å². The fraction of sp³-hybridized carbons (Fsp3) is 0.429. The van der Waals surface area contributed by atoms with Crippen LogP contribution in [-0.4, -0.2) is 20.6 Å². The van der Waals surface area contributed by atoms with Gasteiger partial charge in [-0.1, -0.05) is 13.0 Å². The number of hydrogen-bond acceptors (Lipinski definition) is 3. The summed E-state index contributed by atoms with van der Waals surface area (Å²) in [7, 11) is 0.